The lowest BCUT2D eigenvalue weighted by molar-refractivity contribution is 0.564. The van der Waals surface area contributed by atoms with Crippen LogP contribution < -0.4 is 4.90 Å². The number of hydrogen-bond donors (Lipinski definition) is 0. The Labute approximate surface area is 348 Å². The molecule has 0 unspecified atom stereocenters. The van der Waals surface area contributed by atoms with Crippen LogP contribution in [-0.2, 0) is 16.2 Å². The van der Waals surface area contributed by atoms with Gasteiger partial charge in [-0.25, -0.2) is 0 Å². The van der Waals surface area contributed by atoms with Crippen LogP contribution in [0.1, 0.15) is 77.6 Å². The predicted octanol–water partition coefficient (Wildman–Crippen LogP) is 16.4. The lowest BCUT2D eigenvalue weighted by Gasteiger charge is -2.30. The van der Waals surface area contributed by atoms with Gasteiger partial charge in [0.05, 0.1) is 11.4 Å². The summed E-state index contributed by atoms with van der Waals surface area (Å²) in [6.07, 6.45) is 0. The number of fused-ring (bicyclic) bond motifs is 7. The molecule has 8 aromatic carbocycles. The Balaban J connectivity index is 1.22. The Morgan fingerprint density at radius 3 is 1.90 bits per heavy atom. The van der Waals surface area contributed by atoms with Gasteiger partial charge in [-0.15, -0.1) is 0 Å². The Morgan fingerprint density at radius 1 is 0.475 bits per heavy atom. The zero-order chi connectivity index (χ0) is 40.8. The van der Waals surface area contributed by atoms with Crippen LogP contribution in [0.25, 0.3) is 66.1 Å². The molecule has 2 heteroatoms. The lowest BCUT2D eigenvalue weighted by Crippen LogP contribution is -2.21. The van der Waals surface area contributed by atoms with Crippen LogP contribution in [0.3, 0.4) is 0 Å². The fraction of sp³-hybridized carbons (Fsp3) is 0.193. The average molecular weight is 766 g/mol. The predicted molar refractivity (Wildman–Crippen MR) is 252 cm³/mol. The topological polar surface area (TPSA) is 16.4 Å². The summed E-state index contributed by atoms with van der Waals surface area (Å²) in [5.74, 6) is 0. The molecule has 2 nitrogen and oxygen atoms in total. The van der Waals surface area contributed by atoms with Gasteiger partial charge >= 0.3 is 0 Å². The van der Waals surface area contributed by atoms with E-state index in [1.807, 2.05) is 0 Å². The Kier molecular flexibility index (Phi) is 8.34. The summed E-state index contributed by atoms with van der Waals surface area (Å²) in [6, 6.07) is 60.2. The molecule has 1 aliphatic carbocycles. The smallest absolute Gasteiger partial charge is 0.159 e. The standard InChI is InChI=1S/C57H51NO/c1-55(2,3)40-34-47(56(4,5)6)53-48(35-40)57(7,8)46-23-15-21-44(52(46)53)42-19-11-13-24-49(42)58(50-25-16-22-45-43-20-12-14-26-51(43)59-54(45)50)41-31-29-37(30-32-41)39-28-27-36-17-9-10-18-38(36)33-39/h9-35H,1-8H3. The minimum absolute atomic E-state index is 0.0251. The quantitative estimate of drug-likeness (QED) is 0.173. The van der Waals surface area contributed by atoms with E-state index in [2.05, 4.69) is 224 Å². The van der Waals surface area contributed by atoms with Gasteiger partial charge in [-0.2, -0.15) is 0 Å². The van der Waals surface area contributed by atoms with E-state index in [-0.39, 0.29) is 16.2 Å². The number of benzene rings is 8. The summed E-state index contributed by atoms with van der Waals surface area (Å²) in [5.41, 5.74) is 17.8. The molecule has 0 saturated heterocycles. The third-order valence-corrected chi connectivity index (χ3v) is 12.7. The van der Waals surface area contributed by atoms with Crippen LogP contribution >= 0.6 is 0 Å². The molecule has 0 amide bonds. The van der Waals surface area contributed by atoms with Crippen molar-refractivity contribution >= 4 is 49.8 Å². The fourth-order valence-corrected chi connectivity index (χ4v) is 9.53. The monoisotopic (exact) mass is 765 g/mol. The molecule has 0 N–H and O–H groups in total. The highest BCUT2D eigenvalue weighted by atomic mass is 16.3. The van der Waals surface area contributed by atoms with Crippen molar-refractivity contribution in [2.45, 2.75) is 71.6 Å². The minimum Gasteiger partial charge on any atom is -0.454 e. The zero-order valence-electron chi connectivity index (χ0n) is 35.4. The van der Waals surface area contributed by atoms with Crippen molar-refractivity contribution in [1.29, 1.82) is 0 Å². The van der Waals surface area contributed by atoms with Gasteiger partial charge in [-0.05, 0) is 108 Å². The maximum atomic E-state index is 6.78. The lowest BCUT2D eigenvalue weighted by atomic mass is 9.74. The molecule has 0 radical (unpaired) electrons. The largest absolute Gasteiger partial charge is 0.454 e. The van der Waals surface area contributed by atoms with E-state index < -0.39 is 0 Å². The Hall–Kier alpha value is -6.38. The van der Waals surface area contributed by atoms with Gasteiger partial charge in [0.1, 0.15) is 5.58 Å². The summed E-state index contributed by atoms with van der Waals surface area (Å²) < 4.78 is 6.78. The van der Waals surface area contributed by atoms with Crippen LogP contribution in [0, 0.1) is 0 Å². The number of anilines is 3. The highest BCUT2D eigenvalue weighted by molar-refractivity contribution is 6.11. The van der Waals surface area contributed by atoms with Crippen molar-refractivity contribution in [3.8, 4) is 33.4 Å². The first-order valence-electron chi connectivity index (χ1n) is 21.0. The number of rotatable bonds is 5. The van der Waals surface area contributed by atoms with Gasteiger partial charge in [-0.1, -0.05) is 183 Å². The SMILES string of the molecule is CC(C)(C)c1cc(C(C)(C)C)c2c(c1)C(C)(C)c1cccc(-c3ccccc3N(c3ccc(-c4ccc5ccccc5c4)cc3)c3cccc4c3oc3ccccc34)c1-2. The number of hydrogen-bond acceptors (Lipinski definition) is 2. The molecule has 0 fully saturated rings. The first kappa shape index (κ1) is 36.9. The second kappa shape index (κ2) is 13.3. The molecule has 59 heavy (non-hydrogen) atoms. The number of furan rings is 1. The highest BCUT2D eigenvalue weighted by Crippen LogP contribution is 2.57. The third kappa shape index (κ3) is 5.99. The number of para-hydroxylation sites is 3. The third-order valence-electron chi connectivity index (χ3n) is 12.7. The first-order valence-corrected chi connectivity index (χ1v) is 21.0. The van der Waals surface area contributed by atoms with Crippen molar-refractivity contribution in [3.05, 3.63) is 186 Å². The fourth-order valence-electron chi connectivity index (χ4n) is 9.53. The molecule has 0 saturated carbocycles. The van der Waals surface area contributed by atoms with E-state index in [0.717, 1.165) is 39.0 Å². The van der Waals surface area contributed by atoms with Crippen LogP contribution in [0.15, 0.2) is 168 Å². The molecule has 1 aromatic heterocycles. The molecule has 9 aromatic rings. The summed E-state index contributed by atoms with van der Waals surface area (Å²) >= 11 is 0. The molecule has 1 heterocycles. The van der Waals surface area contributed by atoms with Crippen molar-refractivity contribution in [3.63, 3.8) is 0 Å². The van der Waals surface area contributed by atoms with Crippen molar-refractivity contribution in [1.82, 2.24) is 0 Å². The van der Waals surface area contributed by atoms with Crippen LogP contribution in [0.4, 0.5) is 17.1 Å². The van der Waals surface area contributed by atoms with E-state index >= 15 is 0 Å². The van der Waals surface area contributed by atoms with Crippen LogP contribution in [-0.4, -0.2) is 0 Å². The van der Waals surface area contributed by atoms with Crippen molar-refractivity contribution in [2.24, 2.45) is 0 Å². The molecular weight excluding hydrogens is 715 g/mol. The van der Waals surface area contributed by atoms with E-state index in [9.17, 15) is 0 Å². The molecule has 0 bridgehead atoms. The first-order chi connectivity index (χ1) is 28.3. The summed E-state index contributed by atoms with van der Waals surface area (Å²) in [6.45, 7) is 18.9. The molecular formula is C57H51NO. The molecule has 0 spiro atoms. The summed E-state index contributed by atoms with van der Waals surface area (Å²) in [5, 5.41) is 4.71. The normalized spacial score (nSPS) is 13.6. The Morgan fingerprint density at radius 2 is 1.12 bits per heavy atom. The van der Waals surface area contributed by atoms with E-state index in [1.54, 1.807) is 0 Å². The minimum atomic E-state index is -0.172. The van der Waals surface area contributed by atoms with Gasteiger partial charge in [-0.3, -0.25) is 0 Å². The molecule has 0 atom stereocenters. The van der Waals surface area contributed by atoms with Gasteiger partial charge in [0.2, 0.25) is 0 Å². The van der Waals surface area contributed by atoms with Crippen molar-refractivity contribution in [2.75, 3.05) is 4.90 Å². The number of nitrogens with zero attached hydrogens (tertiary/aromatic N) is 1. The summed E-state index contributed by atoms with van der Waals surface area (Å²) in [7, 11) is 0. The second-order valence-electron chi connectivity index (χ2n) is 19.0. The van der Waals surface area contributed by atoms with Gasteiger partial charge in [0.15, 0.2) is 5.58 Å². The molecule has 0 aliphatic heterocycles. The molecule has 290 valence electrons. The highest BCUT2D eigenvalue weighted by Gasteiger charge is 2.41. The Bertz CT molecular complexity index is 3090. The van der Waals surface area contributed by atoms with Gasteiger partial charge < -0.3 is 9.32 Å². The second-order valence-corrected chi connectivity index (χ2v) is 19.0. The van der Waals surface area contributed by atoms with E-state index in [4.69, 9.17) is 4.42 Å². The zero-order valence-corrected chi connectivity index (χ0v) is 35.4. The summed E-state index contributed by atoms with van der Waals surface area (Å²) in [4.78, 5) is 2.41. The van der Waals surface area contributed by atoms with Crippen LogP contribution in [0.2, 0.25) is 0 Å². The maximum absolute atomic E-state index is 6.78. The van der Waals surface area contributed by atoms with E-state index in [0.29, 0.717) is 0 Å². The van der Waals surface area contributed by atoms with Gasteiger partial charge in [0, 0.05) is 27.4 Å². The van der Waals surface area contributed by atoms with E-state index in [1.165, 1.54) is 66.4 Å². The van der Waals surface area contributed by atoms with Crippen molar-refractivity contribution < 1.29 is 4.42 Å². The molecule has 1 aliphatic rings. The van der Waals surface area contributed by atoms with Gasteiger partial charge in [0.25, 0.3) is 0 Å². The average Bonchev–Trinajstić information content (AvgIpc) is 3.73. The maximum Gasteiger partial charge on any atom is 0.159 e. The van der Waals surface area contributed by atoms with Crippen LogP contribution in [0.5, 0.6) is 0 Å². The molecule has 10 rings (SSSR count).